The highest BCUT2D eigenvalue weighted by Gasteiger charge is 2.19. The van der Waals surface area contributed by atoms with E-state index >= 15 is 0 Å². The molecule has 1 unspecified atom stereocenters. The number of hydrogen-bond acceptors (Lipinski definition) is 2. The Morgan fingerprint density at radius 1 is 1.11 bits per heavy atom. The summed E-state index contributed by atoms with van der Waals surface area (Å²) in [5, 5.41) is 0.974. The highest BCUT2D eigenvalue weighted by atomic mass is 79.9. The Morgan fingerprint density at radius 3 is 2.53 bits per heavy atom. The first-order chi connectivity index (χ1) is 9.02. The second-order valence-electron chi connectivity index (χ2n) is 3.93. The van der Waals surface area contributed by atoms with Crippen molar-refractivity contribution in [3.8, 4) is 0 Å². The molecule has 6 heteroatoms. The van der Waals surface area contributed by atoms with Crippen molar-refractivity contribution in [1.29, 1.82) is 0 Å². The lowest BCUT2D eigenvalue weighted by Crippen LogP contribution is -2.29. The van der Waals surface area contributed by atoms with Crippen LogP contribution in [-0.4, -0.2) is 0 Å². The van der Waals surface area contributed by atoms with E-state index in [2.05, 4.69) is 21.4 Å². The summed E-state index contributed by atoms with van der Waals surface area (Å²) < 4.78 is 14.7. The predicted molar refractivity (Wildman–Crippen MR) is 79.7 cm³/mol. The number of hydrogen-bond donors (Lipinski definition) is 2. The van der Waals surface area contributed by atoms with Crippen molar-refractivity contribution in [1.82, 2.24) is 5.43 Å². The number of hydrazine groups is 1. The standard InChI is InChI=1S/C13H10BrCl2FN2/c14-7-1-4-12(17)10(5-7)13(19-18)9-6-8(15)2-3-11(9)16/h1-6,13,19H,18H2. The summed E-state index contributed by atoms with van der Waals surface area (Å²) >= 11 is 15.4. The van der Waals surface area contributed by atoms with E-state index in [9.17, 15) is 4.39 Å². The summed E-state index contributed by atoms with van der Waals surface area (Å²) in [7, 11) is 0. The van der Waals surface area contributed by atoms with Gasteiger partial charge < -0.3 is 0 Å². The van der Waals surface area contributed by atoms with Gasteiger partial charge in [-0.2, -0.15) is 0 Å². The van der Waals surface area contributed by atoms with Crippen LogP contribution in [0.2, 0.25) is 10.0 Å². The summed E-state index contributed by atoms with van der Waals surface area (Å²) in [6.07, 6.45) is 0. The van der Waals surface area contributed by atoms with Crippen LogP contribution in [0.15, 0.2) is 40.9 Å². The largest absolute Gasteiger partial charge is 0.271 e. The minimum atomic E-state index is -0.580. The van der Waals surface area contributed by atoms with Gasteiger partial charge in [0.1, 0.15) is 5.82 Å². The molecule has 0 radical (unpaired) electrons. The maximum Gasteiger partial charge on any atom is 0.128 e. The molecule has 2 aromatic rings. The number of halogens is 4. The van der Waals surface area contributed by atoms with Gasteiger partial charge in [0.15, 0.2) is 0 Å². The van der Waals surface area contributed by atoms with E-state index in [-0.39, 0.29) is 5.82 Å². The molecule has 2 rings (SSSR count). The molecule has 0 aliphatic heterocycles. The fraction of sp³-hybridized carbons (Fsp3) is 0.0769. The zero-order valence-electron chi connectivity index (χ0n) is 9.63. The van der Waals surface area contributed by atoms with Gasteiger partial charge in [0.2, 0.25) is 0 Å². The predicted octanol–water partition coefficient (Wildman–Crippen LogP) is 4.45. The molecule has 0 fully saturated rings. The van der Waals surface area contributed by atoms with E-state index in [1.165, 1.54) is 6.07 Å². The summed E-state index contributed by atoms with van der Waals surface area (Å²) in [4.78, 5) is 0. The normalized spacial score (nSPS) is 12.5. The quantitative estimate of drug-likeness (QED) is 0.624. The molecule has 2 aromatic carbocycles. The van der Waals surface area contributed by atoms with Crippen LogP contribution in [0.25, 0.3) is 0 Å². The van der Waals surface area contributed by atoms with Crippen LogP contribution in [0.1, 0.15) is 17.2 Å². The second-order valence-corrected chi connectivity index (χ2v) is 5.69. The SMILES string of the molecule is NNC(c1cc(Br)ccc1F)c1cc(Cl)ccc1Cl. The second kappa shape index (κ2) is 6.20. The van der Waals surface area contributed by atoms with Crippen LogP contribution < -0.4 is 11.3 Å². The van der Waals surface area contributed by atoms with Gasteiger partial charge in [0.25, 0.3) is 0 Å². The molecule has 0 amide bonds. The lowest BCUT2D eigenvalue weighted by atomic mass is 9.99. The van der Waals surface area contributed by atoms with Crippen LogP contribution in [0, 0.1) is 5.82 Å². The van der Waals surface area contributed by atoms with Crippen LogP contribution in [0.3, 0.4) is 0 Å². The van der Waals surface area contributed by atoms with Crippen molar-refractivity contribution in [2.75, 3.05) is 0 Å². The molecule has 0 spiro atoms. The molecule has 3 N–H and O–H groups in total. The Labute approximate surface area is 128 Å². The van der Waals surface area contributed by atoms with Gasteiger partial charge in [-0.3, -0.25) is 5.84 Å². The van der Waals surface area contributed by atoms with Gasteiger partial charge in [-0.15, -0.1) is 0 Å². The zero-order chi connectivity index (χ0) is 14.0. The number of benzene rings is 2. The first kappa shape index (κ1) is 14.8. The number of nitrogens with two attached hydrogens (primary N) is 1. The van der Waals surface area contributed by atoms with Crippen molar-refractivity contribution in [3.05, 3.63) is 67.9 Å². The topological polar surface area (TPSA) is 38.0 Å². The Kier molecular flexibility index (Phi) is 4.81. The summed E-state index contributed by atoms with van der Waals surface area (Å²) in [5.74, 6) is 5.17. The highest BCUT2D eigenvalue weighted by Crippen LogP contribution is 2.32. The molecular formula is C13H10BrCl2FN2. The molecule has 1 atom stereocenters. The third-order valence-corrected chi connectivity index (χ3v) is 3.78. The molecule has 0 heterocycles. The smallest absolute Gasteiger partial charge is 0.128 e. The van der Waals surface area contributed by atoms with Gasteiger partial charge in [-0.1, -0.05) is 39.1 Å². The molecular weight excluding hydrogens is 354 g/mol. The van der Waals surface area contributed by atoms with Crippen LogP contribution in [-0.2, 0) is 0 Å². The fourth-order valence-corrected chi connectivity index (χ4v) is 2.60. The minimum Gasteiger partial charge on any atom is -0.271 e. The van der Waals surface area contributed by atoms with Crippen LogP contribution in [0.5, 0.6) is 0 Å². The molecule has 0 aliphatic rings. The zero-order valence-corrected chi connectivity index (χ0v) is 12.7. The van der Waals surface area contributed by atoms with Gasteiger partial charge in [-0.05, 0) is 42.0 Å². The third kappa shape index (κ3) is 3.27. The first-order valence-corrected chi connectivity index (χ1v) is 6.94. The molecule has 2 nitrogen and oxygen atoms in total. The van der Waals surface area contributed by atoms with Gasteiger partial charge in [0.05, 0.1) is 6.04 Å². The summed E-state index contributed by atoms with van der Waals surface area (Å²) in [5.41, 5.74) is 3.58. The van der Waals surface area contributed by atoms with Crippen molar-refractivity contribution >= 4 is 39.1 Å². The third-order valence-electron chi connectivity index (χ3n) is 2.70. The average molecular weight is 364 g/mol. The van der Waals surface area contributed by atoms with Crippen molar-refractivity contribution in [2.45, 2.75) is 6.04 Å². The Morgan fingerprint density at radius 2 is 1.84 bits per heavy atom. The van der Waals surface area contributed by atoms with Crippen molar-refractivity contribution < 1.29 is 4.39 Å². The van der Waals surface area contributed by atoms with E-state index in [0.29, 0.717) is 21.2 Å². The van der Waals surface area contributed by atoms with Crippen molar-refractivity contribution in [3.63, 3.8) is 0 Å². The summed E-state index contributed by atoms with van der Waals surface area (Å²) in [6.45, 7) is 0. The van der Waals surface area contributed by atoms with Gasteiger partial charge in [0, 0.05) is 20.1 Å². The van der Waals surface area contributed by atoms with E-state index in [1.54, 1.807) is 30.3 Å². The summed E-state index contributed by atoms with van der Waals surface area (Å²) in [6, 6.07) is 9.03. The van der Waals surface area contributed by atoms with E-state index in [1.807, 2.05) is 0 Å². The molecule has 0 saturated carbocycles. The Bertz CT molecular complexity index is 556. The monoisotopic (exact) mass is 362 g/mol. The first-order valence-electron chi connectivity index (χ1n) is 5.39. The maximum atomic E-state index is 13.9. The lowest BCUT2D eigenvalue weighted by molar-refractivity contribution is 0.560. The van der Waals surface area contributed by atoms with E-state index < -0.39 is 6.04 Å². The Hall–Kier alpha value is -0.650. The molecule has 100 valence electrons. The number of rotatable bonds is 3. The van der Waals surface area contributed by atoms with E-state index in [0.717, 1.165) is 4.47 Å². The van der Waals surface area contributed by atoms with Crippen molar-refractivity contribution in [2.24, 2.45) is 5.84 Å². The maximum absolute atomic E-state index is 13.9. The molecule has 0 aromatic heterocycles. The number of nitrogens with one attached hydrogen (secondary N) is 1. The van der Waals surface area contributed by atoms with Gasteiger partial charge in [-0.25, -0.2) is 9.82 Å². The van der Waals surface area contributed by atoms with Crippen LogP contribution in [0.4, 0.5) is 4.39 Å². The highest BCUT2D eigenvalue weighted by molar-refractivity contribution is 9.10. The lowest BCUT2D eigenvalue weighted by Gasteiger charge is -2.19. The molecule has 0 bridgehead atoms. The minimum absolute atomic E-state index is 0.373. The molecule has 0 aliphatic carbocycles. The van der Waals surface area contributed by atoms with E-state index in [4.69, 9.17) is 29.0 Å². The molecule has 0 saturated heterocycles. The van der Waals surface area contributed by atoms with Crippen LogP contribution >= 0.6 is 39.1 Å². The Balaban J connectivity index is 2.55. The molecule has 19 heavy (non-hydrogen) atoms. The fourth-order valence-electron chi connectivity index (χ4n) is 1.82. The average Bonchev–Trinajstić information content (AvgIpc) is 2.38. The van der Waals surface area contributed by atoms with Gasteiger partial charge >= 0.3 is 0 Å².